The van der Waals surface area contributed by atoms with Crippen LogP contribution in [-0.4, -0.2) is 34.7 Å². The monoisotopic (exact) mass is 2120 g/mol. The smallest absolute Gasteiger partial charge is 0.261 e. The zero-order chi connectivity index (χ0) is 101. The maximum Gasteiger partial charge on any atom is 0.261 e. The van der Waals surface area contributed by atoms with Crippen molar-refractivity contribution in [3.05, 3.63) is 90.3 Å². The van der Waals surface area contributed by atoms with Crippen LogP contribution in [0.3, 0.4) is 0 Å². The van der Waals surface area contributed by atoms with E-state index in [1.807, 2.05) is 34.0 Å². The number of amides is 2. The van der Waals surface area contributed by atoms with Gasteiger partial charge in [0, 0.05) is 52.1 Å². The van der Waals surface area contributed by atoms with Gasteiger partial charge in [-0.2, -0.15) is 0 Å². The summed E-state index contributed by atoms with van der Waals surface area (Å²) in [5.41, 5.74) is 6.37. The number of hydrogen-bond acceptors (Lipinski definition) is 10. The first kappa shape index (κ1) is 123. The van der Waals surface area contributed by atoms with Gasteiger partial charge in [-0.15, -0.1) is 90.7 Å². The Bertz CT molecular complexity index is 4700. The molecule has 0 N–H and O–H groups in total. The highest BCUT2D eigenvalue weighted by Gasteiger charge is 2.49. The van der Waals surface area contributed by atoms with Gasteiger partial charge >= 0.3 is 0 Å². The second kappa shape index (κ2) is 75.6. The first-order chi connectivity index (χ1) is 71.0. The first-order valence-corrected chi connectivity index (χ1v) is 69.4. The zero-order valence-corrected chi connectivity index (χ0v) is 101. The lowest BCUT2D eigenvalue weighted by Gasteiger charge is -2.24. The van der Waals surface area contributed by atoms with Crippen molar-refractivity contribution in [1.82, 2.24) is 9.80 Å². The molecule has 0 aliphatic carbocycles. The lowest BCUT2D eigenvalue weighted by Crippen LogP contribution is -2.30. The summed E-state index contributed by atoms with van der Waals surface area (Å²) in [6.07, 6.45) is 114. The third-order valence-corrected chi connectivity index (χ3v) is 43.7. The predicted octanol–water partition coefficient (Wildman–Crippen LogP) is 48.8. The Balaban J connectivity index is 0.926. The molecule has 0 spiro atoms. The second-order valence-corrected chi connectivity index (χ2v) is 54.7. The highest BCUT2D eigenvalue weighted by molar-refractivity contribution is 7.46. The molecule has 4 nitrogen and oxygen atoms in total. The number of thiophene rings is 8. The highest BCUT2D eigenvalue weighted by atomic mass is 32.1. The molecule has 144 heavy (non-hydrogen) atoms. The summed E-state index contributed by atoms with van der Waals surface area (Å²) in [6.45, 7) is 24.6. The van der Waals surface area contributed by atoms with Crippen molar-refractivity contribution in [3.8, 4) is 29.3 Å². The minimum absolute atomic E-state index is 0.0454. The number of rotatable bonds is 95. The zero-order valence-electron chi connectivity index (χ0n) is 94.7. The molecule has 0 saturated carbocycles. The van der Waals surface area contributed by atoms with Crippen LogP contribution in [0.5, 0.6) is 0 Å². The molecule has 8 aromatic rings. The summed E-state index contributed by atoms with van der Waals surface area (Å²) in [7, 11) is 0. The van der Waals surface area contributed by atoms with Crippen LogP contribution in [-0.2, 0) is 22.4 Å². The van der Waals surface area contributed by atoms with E-state index in [-0.39, 0.29) is 11.8 Å². The van der Waals surface area contributed by atoms with Gasteiger partial charge < -0.3 is 9.80 Å². The topological polar surface area (TPSA) is 40.6 Å². The van der Waals surface area contributed by atoms with E-state index in [0.717, 1.165) is 76.9 Å². The largest absolute Gasteiger partial charge is 0.306 e. The molecule has 4 unspecified atom stereocenters. The van der Waals surface area contributed by atoms with E-state index >= 15 is 9.59 Å². The molecule has 10 heterocycles. The molecular weight excluding hydrogens is 1900 g/mol. The molecule has 812 valence electrons. The van der Waals surface area contributed by atoms with Gasteiger partial charge in [0.2, 0.25) is 0 Å². The van der Waals surface area contributed by atoms with E-state index in [2.05, 4.69) is 173 Å². The number of hydrogen-bond donors (Lipinski definition) is 0. The number of carbonyl (C=O) groups is 2. The molecule has 0 aromatic carbocycles. The van der Waals surface area contributed by atoms with E-state index in [1.54, 1.807) is 55.5 Å². The third kappa shape index (κ3) is 43.3. The van der Waals surface area contributed by atoms with E-state index in [9.17, 15) is 0 Å². The summed E-state index contributed by atoms with van der Waals surface area (Å²) in [6, 6.07) is 18.9. The summed E-state index contributed by atoms with van der Waals surface area (Å²) in [4.78, 5) is 49.7. The second-order valence-electron chi connectivity index (χ2n) is 45.9. The Kier molecular flexibility index (Phi) is 64.3. The van der Waals surface area contributed by atoms with E-state index in [1.165, 1.54) is 541 Å². The van der Waals surface area contributed by atoms with Crippen LogP contribution in [0.15, 0.2) is 59.7 Å². The summed E-state index contributed by atoms with van der Waals surface area (Å²) < 4.78 is 9.39. The van der Waals surface area contributed by atoms with Gasteiger partial charge in [0.1, 0.15) is 0 Å². The molecule has 2 aliphatic rings. The molecule has 12 heteroatoms. The van der Waals surface area contributed by atoms with Gasteiger partial charge in [0.25, 0.3) is 11.8 Å². The van der Waals surface area contributed by atoms with Gasteiger partial charge in [0.05, 0.1) is 60.5 Å². The standard InChI is InChI=1S/C132H214N2O2S8/c1-11-19-27-35-43-47-57-69-83-107(81-65-53-39-31-23-15-5)85-73-61-51-63-79-103-133-121(115-97-95-105(9)137-115)119-120(132(133)136)122(134(131(119)135)104-80-64-52-62-74-86-108(82-66-54-40-32-24-16-6)84-70-58-48-44-36-28-20-12-2)116-101-99-113(139-116)114-100-102-118(140-114)124-112(94-78-76-92-110(88-68-56-42-34-26-18-8)90-72-60-50-46-38-30-22-14-4)126-128(142-124)130-129(144-126)127-125(143-130)111(123(141-127)117-98-96-106(10)138-117)93-77-75-91-109(87-67-55-41-33-25-17-7)89-71-59-49-45-37-29-21-13-3/h95-102,107-110H,11-94,103-104H2,1-10H3. The normalized spacial score (nSPS) is 14.0. The van der Waals surface area contributed by atoms with E-state index in [4.69, 9.17) is 0 Å². The fourth-order valence-electron chi connectivity index (χ4n) is 24.3. The molecule has 2 aliphatic heterocycles. The van der Waals surface area contributed by atoms with Crippen LogP contribution >= 0.6 is 90.7 Å². The van der Waals surface area contributed by atoms with Gasteiger partial charge in [-0.1, -0.05) is 556 Å². The molecule has 2 amide bonds. The quantitative estimate of drug-likeness (QED) is 0.0357. The van der Waals surface area contributed by atoms with E-state index < -0.39 is 0 Å². The maximum absolute atomic E-state index is 16.1. The van der Waals surface area contributed by atoms with Crippen LogP contribution in [0.1, 0.15) is 613 Å². The van der Waals surface area contributed by atoms with Gasteiger partial charge in [-0.05, 0) is 136 Å². The Labute approximate surface area is 918 Å². The predicted molar refractivity (Wildman–Crippen MR) is 657 cm³/mol. The molecule has 8 aromatic heterocycles. The number of nitrogens with zero attached hydrogens (tertiary/aromatic N) is 2. The van der Waals surface area contributed by atoms with Gasteiger partial charge in [0.15, 0.2) is 0 Å². The van der Waals surface area contributed by atoms with Crippen LogP contribution in [0, 0.1) is 37.5 Å². The van der Waals surface area contributed by atoms with Crippen molar-refractivity contribution >= 4 is 142 Å². The van der Waals surface area contributed by atoms with Crippen molar-refractivity contribution in [1.29, 1.82) is 0 Å². The summed E-state index contributed by atoms with van der Waals surface area (Å²) >= 11 is 16.2. The molecular formula is C132H214N2O2S8. The fourth-order valence-corrected chi connectivity index (χ4v) is 34.8. The van der Waals surface area contributed by atoms with Gasteiger partial charge in [-0.25, -0.2) is 0 Å². The lowest BCUT2D eigenvalue weighted by atomic mass is 9.89. The summed E-state index contributed by atoms with van der Waals surface area (Å²) in [5, 5.41) is 0. The molecule has 0 bridgehead atoms. The average Bonchev–Trinajstić information content (AvgIpc) is 1.63. The van der Waals surface area contributed by atoms with E-state index in [0.29, 0.717) is 24.2 Å². The SMILES string of the molecule is CCCCCCCCCCC(CCCCCCCC)CCCCCCCN1C(=O)C2=C(c3ccc(-c4ccc(-c5sc6c(sc7c8sc(-c9ccc(C)s9)c(CCCCC(CCCCCCCC)CCCCCCCCCC)c8sc67)c5CCCCC(CCCCCCCC)CCCCCCCCCC)s4)s3)N(CCCCCCCC(CCCCCCCC)CCCCCCCCCC)C(=O)C2=C1c1ccc(C)s1. The number of carbonyl (C=O) groups excluding carboxylic acids is 2. The van der Waals surface area contributed by atoms with Crippen molar-refractivity contribution in [2.24, 2.45) is 23.7 Å². The minimum Gasteiger partial charge on any atom is -0.306 e. The fraction of sp³-hybridized carbons (Fsp3) is 0.758. The Morgan fingerprint density at radius 3 is 0.646 bits per heavy atom. The molecule has 0 saturated heterocycles. The third-order valence-electron chi connectivity index (χ3n) is 33.3. The van der Waals surface area contributed by atoms with Crippen molar-refractivity contribution in [2.45, 2.75) is 609 Å². The molecule has 10 rings (SSSR count). The highest BCUT2D eigenvalue weighted by Crippen LogP contribution is 2.58. The number of aryl methyl sites for hydroxylation is 4. The van der Waals surface area contributed by atoms with Crippen LogP contribution in [0.2, 0.25) is 0 Å². The number of fused-ring (bicyclic) bond motifs is 6. The van der Waals surface area contributed by atoms with Crippen molar-refractivity contribution in [3.63, 3.8) is 0 Å². The van der Waals surface area contributed by atoms with Crippen LogP contribution < -0.4 is 0 Å². The Morgan fingerprint density at radius 2 is 0.389 bits per heavy atom. The molecule has 0 fully saturated rings. The average molecular weight is 2120 g/mol. The minimum atomic E-state index is 0.0454. The Morgan fingerprint density at radius 1 is 0.194 bits per heavy atom. The van der Waals surface area contributed by atoms with Crippen molar-refractivity contribution < 1.29 is 9.59 Å². The summed E-state index contributed by atoms with van der Waals surface area (Å²) in [5.74, 6) is 3.54. The van der Waals surface area contributed by atoms with Gasteiger partial charge in [-0.3, -0.25) is 9.59 Å². The molecule has 4 atom stereocenters. The molecule has 0 radical (unpaired) electrons. The number of unbranched alkanes of at least 4 members (excludes halogenated alkanes) is 58. The van der Waals surface area contributed by atoms with Crippen LogP contribution in [0.25, 0.3) is 68.9 Å². The maximum atomic E-state index is 16.1. The Hall–Kier alpha value is -3.20. The van der Waals surface area contributed by atoms with Crippen LogP contribution in [0.4, 0.5) is 0 Å². The first-order valence-electron chi connectivity index (χ1n) is 62.9. The lowest BCUT2D eigenvalue weighted by molar-refractivity contribution is -0.124. The van der Waals surface area contributed by atoms with Crippen molar-refractivity contribution in [2.75, 3.05) is 13.1 Å².